The lowest BCUT2D eigenvalue weighted by atomic mass is 10.3. The number of benzene rings is 1. The van der Waals surface area contributed by atoms with Crippen LogP contribution in [0.25, 0.3) is 0 Å². The average molecular weight is 362 g/mol. The molecule has 0 aromatic heterocycles. The quantitative estimate of drug-likeness (QED) is 0.592. The van der Waals surface area contributed by atoms with Crippen molar-refractivity contribution in [2.75, 3.05) is 24.2 Å². The van der Waals surface area contributed by atoms with Crippen molar-refractivity contribution in [3.05, 3.63) is 23.2 Å². The standard InChI is InChI=1S/C10H13Cl2NO5S2/c1-18-5-2-6-19(14,15)13-10-4-3-8(7-9(10)11)20(12,16)17/h3-4,7,13H,2,5-6H2,1H3. The minimum Gasteiger partial charge on any atom is -0.385 e. The van der Waals surface area contributed by atoms with Crippen molar-refractivity contribution in [1.82, 2.24) is 0 Å². The van der Waals surface area contributed by atoms with Crippen LogP contribution in [0.1, 0.15) is 6.42 Å². The van der Waals surface area contributed by atoms with Crippen LogP contribution < -0.4 is 4.72 Å². The van der Waals surface area contributed by atoms with Crippen LogP contribution >= 0.6 is 22.3 Å². The van der Waals surface area contributed by atoms with E-state index in [9.17, 15) is 16.8 Å². The molecule has 0 radical (unpaired) electrons. The summed E-state index contributed by atoms with van der Waals surface area (Å²) in [5.41, 5.74) is 0.0909. The van der Waals surface area contributed by atoms with E-state index in [1.807, 2.05) is 0 Å². The number of halogens is 2. The molecule has 6 nitrogen and oxygen atoms in total. The van der Waals surface area contributed by atoms with Gasteiger partial charge in [0.2, 0.25) is 10.0 Å². The Hall–Kier alpha value is -0.540. The third-order valence-electron chi connectivity index (χ3n) is 2.25. The minimum atomic E-state index is -3.91. The Morgan fingerprint density at radius 2 is 1.90 bits per heavy atom. The summed E-state index contributed by atoms with van der Waals surface area (Å²) in [7, 11) is -0.848. The number of nitrogens with one attached hydrogen (secondary N) is 1. The molecule has 0 heterocycles. The number of methoxy groups -OCH3 is 1. The molecular formula is C10H13Cl2NO5S2. The van der Waals surface area contributed by atoms with Crippen molar-refractivity contribution in [3.8, 4) is 0 Å². The second-order valence-corrected chi connectivity index (χ2v) is 8.66. The van der Waals surface area contributed by atoms with Crippen LogP contribution in [0.3, 0.4) is 0 Å². The van der Waals surface area contributed by atoms with Gasteiger partial charge in [0.05, 0.1) is 21.4 Å². The van der Waals surface area contributed by atoms with Crippen molar-refractivity contribution >= 4 is 47.0 Å². The molecule has 0 atom stereocenters. The summed E-state index contributed by atoms with van der Waals surface area (Å²) in [6.45, 7) is 0.318. The van der Waals surface area contributed by atoms with Gasteiger partial charge in [-0.2, -0.15) is 0 Å². The van der Waals surface area contributed by atoms with Crippen molar-refractivity contribution < 1.29 is 21.6 Å². The molecule has 0 aliphatic heterocycles. The molecule has 1 N–H and O–H groups in total. The van der Waals surface area contributed by atoms with Crippen LogP contribution in [0.15, 0.2) is 23.1 Å². The normalized spacial score (nSPS) is 12.3. The zero-order chi connectivity index (χ0) is 15.4. The molecule has 0 fully saturated rings. The van der Waals surface area contributed by atoms with Crippen molar-refractivity contribution in [2.45, 2.75) is 11.3 Å². The van der Waals surface area contributed by atoms with E-state index in [0.29, 0.717) is 13.0 Å². The van der Waals surface area contributed by atoms with Gasteiger partial charge in [0.1, 0.15) is 0 Å². The van der Waals surface area contributed by atoms with Gasteiger partial charge in [-0.25, -0.2) is 16.8 Å². The first kappa shape index (κ1) is 17.5. The minimum absolute atomic E-state index is 0.0537. The number of rotatable bonds is 7. The van der Waals surface area contributed by atoms with Gasteiger partial charge in [-0.05, 0) is 24.6 Å². The second-order valence-electron chi connectivity index (χ2n) is 3.85. The van der Waals surface area contributed by atoms with Gasteiger partial charge < -0.3 is 4.74 Å². The van der Waals surface area contributed by atoms with Gasteiger partial charge >= 0.3 is 0 Å². The summed E-state index contributed by atoms with van der Waals surface area (Å²) >= 11 is 5.83. The summed E-state index contributed by atoms with van der Waals surface area (Å²) in [4.78, 5) is -0.202. The molecule has 20 heavy (non-hydrogen) atoms. The van der Waals surface area contributed by atoms with Gasteiger partial charge in [0.25, 0.3) is 9.05 Å². The van der Waals surface area contributed by atoms with Crippen LogP contribution in [-0.2, 0) is 23.8 Å². The molecule has 0 saturated carbocycles. The van der Waals surface area contributed by atoms with E-state index in [2.05, 4.69) is 4.72 Å². The smallest absolute Gasteiger partial charge is 0.261 e. The molecule has 0 bridgehead atoms. The Kier molecular flexibility index (Phi) is 6.08. The number of hydrogen-bond donors (Lipinski definition) is 1. The van der Waals surface area contributed by atoms with Gasteiger partial charge in [-0.3, -0.25) is 4.72 Å². The largest absolute Gasteiger partial charge is 0.385 e. The molecule has 1 aromatic rings. The molecule has 0 unspecified atom stereocenters. The lowest BCUT2D eigenvalue weighted by molar-refractivity contribution is 0.199. The van der Waals surface area contributed by atoms with Gasteiger partial charge in [0, 0.05) is 24.4 Å². The Morgan fingerprint density at radius 3 is 2.40 bits per heavy atom. The third-order valence-corrected chi connectivity index (χ3v) is 5.27. The fraction of sp³-hybridized carbons (Fsp3) is 0.400. The first-order chi connectivity index (χ1) is 9.15. The SMILES string of the molecule is COCCCS(=O)(=O)Nc1ccc(S(=O)(=O)Cl)cc1Cl. The zero-order valence-electron chi connectivity index (χ0n) is 10.5. The van der Waals surface area contributed by atoms with Crippen molar-refractivity contribution in [1.29, 1.82) is 0 Å². The first-order valence-electron chi connectivity index (χ1n) is 5.39. The number of sulfonamides is 1. The first-order valence-corrected chi connectivity index (χ1v) is 9.73. The predicted molar refractivity (Wildman–Crippen MR) is 78.4 cm³/mol. The molecule has 1 rings (SSSR count). The molecule has 0 aliphatic carbocycles. The fourth-order valence-electron chi connectivity index (χ4n) is 1.34. The molecule has 0 saturated heterocycles. The maximum absolute atomic E-state index is 11.7. The van der Waals surface area contributed by atoms with Crippen LogP contribution in [-0.4, -0.2) is 36.3 Å². The Labute approximate surface area is 127 Å². The summed E-state index contributed by atoms with van der Waals surface area (Å²) in [5, 5.41) is -0.0537. The van der Waals surface area contributed by atoms with Crippen LogP contribution in [0, 0.1) is 0 Å². The number of ether oxygens (including phenoxy) is 1. The highest BCUT2D eigenvalue weighted by molar-refractivity contribution is 8.13. The van der Waals surface area contributed by atoms with Crippen molar-refractivity contribution in [3.63, 3.8) is 0 Å². The van der Waals surface area contributed by atoms with E-state index < -0.39 is 19.1 Å². The number of hydrogen-bond acceptors (Lipinski definition) is 5. The highest BCUT2D eigenvalue weighted by Gasteiger charge is 2.16. The second kappa shape index (κ2) is 6.95. The zero-order valence-corrected chi connectivity index (χ0v) is 13.6. The van der Waals surface area contributed by atoms with Crippen LogP contribution in [0.4, 0.5) is 5.69 Å². The van der Waals surface area contributed by atoms with E-state index in [0.717, 1.165) is 6.07 Å². The molecular weight excluding hydrogens is 349 g/mol. The highest BCUT2D eigenvalue weighted by atomic mass is 35.7. The summed E-state index contributed by atoms with van der Waals surface area (Å²) < 4.78 is 52.7. The Bertz CT molecular complexity index is 673. The van der Waals surface area contributed by atoms with E-state index in [-0.39, 0.29) is 21.4 Å². The van der Waals surface area contributed by atoms with E-state index >= 15 is 0 Å². The fourth-order valence-corrected chi connectivity index (χ4v) is 3.58. The Morgan fingerprint density at radius 1 is 1.25 bits per heavy atom. The summed E-state index contributed by atoms with van der Waals surface area (Å²) in [6, 6.07) is 3.49. The molecule has 0 amide bonds. The average Bonchev–Trinajstić information content (AvgIpc) is 2.30. The maximum atomic E-state index is 11.7. The van der Waals surface area contributed by atoms with Crippen molar-refractivity contribution in [2.24, 2.45) is 0 Å². The summed E-state index contributed by atoms with van der Waals surface area (Å²) in [5.74, 6) is -0.132. The summed E-state index contributed by atoms with van der Waals surface area (Å²) in [6.07, 6.45) is 0.331. The maximum Gasteiger partial charge on any atom is 0.261 e. The third kappa shape index (κ3) is 5.45. The molecule has 0 aliphatic rings. The highest BCUT2D eigenvalue weighted by Crippen LogP contribution is 2.27. The molecule has 114 valence electrons. The van der Waals surface area contributed by atoms with E-state index in [4.69, 9.17) is 27.0 Å². The van der Waals surface area contributed by atoms with Crippen LogP contribution in [0.2, 0.25) is 5.02 Å². The van der Waals surface area contributed by atoms with Gasteiger partial charge in [-0.1, -0.05) is 11.6 Å². The molecule has 10 heteroatoms. The topological polar surface area (TPSA) is 89.5 Å². The van der Waals surface area contributed by atoms with Gasteiger partial charge in [-0.15, -0.1) is 0 Å². The van der Waals surface area contributed by atoms with Crippen LogP contribution in [0.5, 0.6) is 0 Å². The van der Waals surface area contributed by atoms with Gasteiger partial charge in [0.15, 0.2) is 0 Å². The molecule has 1 aromatic carbocycles. The van der Waals surface area contributed by atoms with E-state index in [1.165, 1.54) is 19.2 Å². The Balaban J connectivity index is 2.89. The number of anilines is 1. The lowest BCUT2D eigenvalue weighted by Gasteiger charge is -2.10. The predicted octanol–water partition coefficient (Wildman–Crippen LogP) is 2.05. The van der Waals surface area contributed by atoms with E-state index in [1.54, 1.807) is 0 Å². The molecule has 0 spiro atoms. The lowest BCUT2D eigenvalue weighted by Crippen LogP contribution is -2.18. The monoisotopic (exact) mass is 361 g/mol.